The van der Waals surface area contributed by atoms with E-state index in [0.717, 1.165) is 11.1 Å². The van der Waals surface area contributed by atoms with Crippen molar-refractivity contribution in [3.05, 3.63) is 70.7 Å². The normalized spacial score (nSPS) is 11.7. The van der Waals surface area contributed by atoms with Gasteiger partial charge in [-0.2, -0.15) is 0 Å². The first kappa shape index (κ1) is 20.0. The van der Waals surface area contributed by atoms with Gasteiger partial charge >= 0.3 is 0 Å². The first-order chi connectivity index (χ1) is 12.5. The van der Waals surface area contributed by atoms with Crippen molar-refractivity contribution in [2.75, 3.05) is 6.54 Å². The van der Waals surface area contributed by atoms with Gasteiger partial charge in [0.15, 0.2) is 0 Å². The second kappa shape index (κ2) is 9.97. The molecule has 138 valence electrons. The van der Waals surface area contributed by atoms with Gasteiger partial charge in [-0.1, -0.05) is 61.0 Å². The van der Waals surface area contributed by atoms with Crippen molar-refractivity contribution in [1.29, 1.82) is 0 Å². The minimum absolute atomic E-state index is 0.0489. The molecule has 0 saturated carbocycles. The topological polar surface area (TPSA) is 49.4 Å². The van der Waals surface area contributed by atoms with Crippen molar-refractivity contribution in [2.24, 2.45) is 0 Å². The lowest BCUT2D eigenvalue weighted by atomic mass is 10.0. The summed E-state index contributed by atoms with van der Waals surface area (Å²) in [4.78, 5) is 27.0. The summed E-state index contributed by atoms with van der Waals surface area (Å²) in [5.41, 5.74) is 1.97. The number of nitrogens with zero attached hydrogens (tertiary/aromatic N) is 1. The Morgan fingerprint density at radius 3 is 2.23 bits per heavy atom. The van der Waals surface area contributed by atoms with Crippen LogP contribution in [0.25, 0.3) is 0 Å². The van der Waals surface area contributed by atoms with E-state index in [9.17, 15) is 9.59 Å². The van der Waals surface area contributed by atoms with Crippen molar-refractivity contribution in [1.82, 2.24) is 10.2 Å². The van der Waals surface area contributed by atoms with Gasteiger partial charge in [0.2, 0.25) is 11.8 Å². The number of hydrogen-bond acceptors (Lipinski definition) is 2. The standard InChI is InChI=1S/C21H25ClN2O2/c1-3-20(25)24(15-17-10-12-18(22)13-11-17)19(21(26)23-4-2)14-16-8-6-5-7-9-16/h5-13,19H,3-4,14-15H2,1-2H3,(H,23,26)/t19-/m1/s1. The summed E-state index contributed by atoms with van der Waals surface area (Å²) in [5.74, 6) is -0.181. The lowest BCUT2D eigenvalue weighted by Crippen LogP contribution is -2.50. The fraction of sp³-hybridized carbons (Fsp3) is 0.333. The zero-order chi connectivity index (χ0) is 18.9. The van der Waals surface area contributed by atoms with Crippen molar-refractivity contribution in [3.8, 4) is 0 Å². The van der Waals surface area contributed by atoms with E-state index in [0.29, 0.717) is 31.0 Å². The molecule has 0 aliphatic rings. The molecule has 0 aliphatic heterocycles. The Balaban J connectivity index is 2.31. The highest BCUT2D eigenvalue weighted by atomic mass is 35.5. The summed E-state index contributed by atoms with van der Waals surface area (Å²) in [6, 6.07) is 16.6. The lowest BCUT2D eigenvalue weighted by Gasteiger charge is -2.31. The molecule has 26 heavy (non-hydrogen) atoms. The largest absolute Gasteiger partial charge is 0.355 e. The highest BCUT2D eigenvalue weighted by Crippen LogP contribution is 2.17. The van der Waals surface area contributed by atoms with E-state index in [4.69, 9.17) is 11.6 Å². The summed E-state index contributed by atoms with van der Waals surface area (Å²) in [6.45, 7) is 4.59. The smallest absolute Gasteiger partial charge is 0.243 e. The van der Waals surface area contributed by atoms with E-state index in [1.54, 1.807) is 17.0 Å². The van der Waals surface area contributed by atoms with E-state index < -0.39 is 6.04 Å². The molecule has 5 heteroatoms. The number of hydrogen-bond donors (Lipinski definition) is 1. The summed E-state index contributed by atoms with van der Waals surface area (Å²) >= 11 is 5.95. The molecule has 2 aromatic carbocycles. The average molecular weight is 373 g/mol. The Morgan fingerprint density at radius 1 is 1.00 bits per heavy atom. The van der Waals surface area contributed by atoms with Crippen LogP contribution in [0, 0.1) is 0 Å². The molecule has 2 rings (SSSR count). The van der Waals surface area contributed by atoms with Gasteiger partial charge in [0.1, 0.15) is 6.04 Å². The van der Waals surface area contributed by atoms with E-state index in [-0.39, 0.29) is 11.8 Å². The second-order valence-corrected chi connectivity index (χ2v) is 6.54. The van der Waals surface area contributed by atoms with Crippen LogP contribution < -0.4 is 5.32 Å². The van der Waals surface area contributed by atoms with Crippen LogP contribution in [0.4, 0.5) is 0 Å². The minimum Gasteiger partial charge on any atom is -0.355 e. The van der Waals surface area contributed by atoms with Crippen LogP contribution in [0.3, 0.4) is 0 Å². The molecular formula is C21H25ClN2O2. The number of carbonyl (C=O) groups is 2. The number of halogens is 1. The van der Waals surface area contributed by atoms with Gasteiger partial charge in [0, 0.05) is 31.0 Å². The SMILES string of the molecule is CCNC(=O)[C@@H](Cc1ccccc1)N(Cc1ccc(Cl)cc1)C(=O)CC. The molecule has 0 fully saturated rings. The zero-order valence-corrected chi connectivity index (χ0v) is 16.0. The van der Waals surface area contributed by atoms with Crippen LogP contribution in [0.5, 0.6) is 0 Å². The quantitative estimate of drug-likeness (QED) is 0.765. The number of nitrogens with one attached hydrogen (secondary N) is 1. The molecule has 0 radical (unpaired) electrons. The minimum atomic E-state index is -0.555. The van der Waals surface area contributed by atoms with E-state index in [1.807, 2.05) is 56.3 Å². The van der Waals surface area contributed by atoms with Gasteiger partial charge in [0.05, 0.1) is 0 Å². The third-order valence-electron chi connectivity index (χ3n) is 4.19. The summed E-state index contributed by atoms with van der Waals surface area (Å²) in [7, 11) is 0. The highest BCUT2D eigenvalue weighted by Gasteiger charge is 2.29. The lowest BCUT2D eigenvalue weighted by molar-refractivity contribution is -0.141. The fourth-order valence-electron chi connectivity index (χ4n) is 2.84. The van der Waals surface area contributed by atoms with Gasteiger partial charge < -0.3 is 10.2 Å². The third kappa shape index (κ3) is 5.60. The predicted molar refractivity (Wildman–Crippen MR) is 105 cm³/mol. The summed E-state index contributed by atoms with van der Waals surface area (Å²) in [6.07, 6.45) is 0.824. The second-order valence-electron chi connectivity index (χ2n) is 6.10. The molecule has 1 atom stereocenters. The van der Waals surface area contributed by atoms with Crippen LogP contribution in [-0.2, 0) is 22.6 Å². The molecule has 4 nitrogen and oxygen atoms in total. The van der Waals surface area contributed by atoms with Crippen molar-refractivity contribution < 1.29 is 9.59 Å². The van der Waals surface area contributed by atoms with E-state index in [2.05, 4.69) is 5.32 Å². The zero-order valence-electron chi connectivity index (χ0n) is 15.2. The predicted octanol–water partition coefficient (Wildman–Crippen LogP) is 3.83. The summed E-state index contributed by atoms with van der Waals surface area (Å²) in [5, 5.41) is 3.51. The van der Waals surface area contributed by atoms with Gasteiger partial charge in [-0.15, -0.1) is 0 Å². The van der Waals surface area contributed by atoms with E-state index >= 15 is 0 Å². The first-order valence-electron chi connectivity index (χ1n) is 8.90. The van der Waals surface area contributed by atoms with Crippen LogP contribution in [0.1, 0.15) is 31.4 Å². The Hall–Kier alpha value is -2.33. The Labute approximate surface area is 160 Å². The monoisotopic (exact) mass is 372 g/mol. The molecule has 0 aliphatic carbocycles. The number of rotatable bonds is 8. The molecule has 0 aromatic heterocycles. The van der Waals surface area contributed by atoms with Gasteiger partial charge in [0.25, 0.3) is 0 Å². The molecule has 0 heterocycles. The maximum absolute atomic E-state index is 12.7. The summed E-state index contributed by atoms with van der Waals surface area (Å²) < 4.78 is 0. The van der Waals surface area contributed by atoms with Crippen LogP contribution >= 0.6 is 11.6 Å². The number of benzene rings is 2. The molecule has 0 unspecified atom stereocenters. The van der Waals surface area contributed by atoms with Gasteiger partial charge in [-0.25, -0.2) is 0 Å². The van der Waals surface area contributed by atoms with Crippen molar-refractivity contribution >= 4 is 23.4 Å². The number of amides is 2. The van der Waals surface area contributed by atoms with Crippen LogP contribution in [0.15, 0.2) is 54.6 Å². The fourth-order valence-corrected chi connectivity index (χ4v) is 2.96. The maximum atomic E-state index is 12.7. The molecular weight excluding hydrogens is 348 g/mol. The maximum Gasteiger partial charge on any atom is 0.243 e. The Kier molecular flexibility index (Phi) is 7.67. The molecule has 1 N–H and O–H groups in total. The molecule has 0 saturated heterocycles. The first-order valence-corrected chi connectivity index (χ1v) is 9.28. The van der Waals surface area contributed by atoms with E-state index in [1.165, 1.54) is 0 Å². The highest BCUT2D eigenvalue weighted by molar-refractivity contribution is 6.30. The Bertz CT molecular complexity index is 717. The third-order valence-corrected chi connectivity index (χ3v) is 4.44. The molecule has 2 amide bonds. The average Bonchev–Trinajstić information content (AvgIpc) is 2.66. The van der Waals surface area contributed by atoms with Crippen LogP contribution in [-0.4, -0.2) is 29.3 Å². The van der Waals surface area contributed by atoms with Crippen molar-refractivity contribution in [3.63, 3.8) is 0 Å². The molecule has 0 bridgehead atoms. The number of likely N-dealkylation sites (N-methyl/N-ethyl adjacent to an activating group) is 1. The molecule has 2 aromatic rings. The molecule has 0 spiro atoms. The van der Waals surface area contributed by atoms with Gasteiger partial charge in [-0.3, -0.25) is 9.59 Å². The van der Waals surface area contributed by atoms with Gasteiger partial charge in [-0.05, 0) is 30.2 Å². The van der Waals surface area contributed by atoms with Crippen LogP contribution in [0.2, 0.25) is 5.02 Å². The number of carbonyl (C=O) groups excluding carboxylic acids is 2. The van der Waals surface area contributed by atoms with Crippen molar-refractivity contribution in [2.45, 2.75) is 39.3 Å². The Morgan fingerprint density at radius 2 is 1.65 bits per heavy atom.